The Hall–Kier alpha value is -4.93. The summed E-state index contributed by atoms with van der Waals surface area (Å²) in [6, 6.07) is 19.2. The smallest absolute Gasteiger partial charge is 0.448 e. The van der Waals surface area contributed by atoms with Gasteiger partial charge in [0.15, 0.2) is 0 Å². The first-order valence-electron chi connectivity index (χ1n) is 10.1. The highest BCUT2D eigenvalue weighted by atomic mass is 16.8. The summed E-state index contributed by atoms with van der Waals surface area (Å²) in [6.45, 7) is 1.94. The van der Waals surface area contributed by atoms with Crippen LogP contribution < -0.4 is 26.6 Å². The van der Waals surface area contributed by atoms with E-state index in [0.29, 0.717) is 17.3 Å². The van der Waals surface area contributed by atoms with Crippen LogP contribution >= 0.6 is 0 Å². The maximum Gasteiger partial charge on any atom is 0.531 e. The minimum atomic E-state index is -1.80. The Morgan fingerprint density at radius 3 is 2.44 bits per heavy atom. The van der Waals surface area contributed by atoms with Gasteiger partial charge in [0.05, 0.1) is 12.2 Å². The van der Waals surface area contributed by atoms with Crippen molar-refractivity contribution in [2.45, 2.75) is 13.5 Å². The van der Waals surface area contributed by atoms with Crippen molar-refractivity contribution in [2.24, 2.45) is 4.99 Å². The van der Waals surface area contributed by atoms with Gasteiger partial charge in [-0.3, -0.25) is 14.4 Å². The van der Waals surface area contributed by atoms with E-state index in [-0.39, 0.29) is 16.9 Å². The van der Waals surface area contributed by atoms with E-state index in [1.54, 1.807) is 48.7 Å². The Balaban J connectivity index is 1.74. The lowest BCUT2D eigenvalue weighted by Crippen LogP contribution is -2.53. The molecule has 2 aromatic carbocycles. The lowest BCUT2D eigenvalue weighted by atomic mass is 10.1. The van der Waals surface area contributed by atoms with E-state index in [2.05, 4.69) is 19.8 Å². The predicted octanol–water partition coefficient (Wildman–Crippen LogP) is 2.22. The zero-order valence-corrected chi connectivity index (χ0v) is 17.9. The molecular formula is C23H19N5O6. The maximum absolute atomic E-state index is 12.9. The topological polar surface area (TPSA) is 141 Å². The van der Waals surface area contributed by atoms with Crippen LogP contribution in [0.4, 0.5) is 10.5 Å². The molecule has 0 amide bonds. The SMILES string of the molecule is Cc1ccc(Cn2c(=O)n(OC(=O)O)c(=O)[nH]/c2=N\c2ccc(Oc3ccccn3)cc2)cc1. The number of aryl methyl sites for hydroxylation is 1. The number of H-pyrrole nitrogens is 1. The standard InChI is InChI=1S/C23H19N5O6/c1-15-5-7-16(8-6-15)14-27-20(26-21(29)28(22(27)30)34-23(31)32)25-17-9-11-18(12-10-17)33-19-4-2-3-13-24-19/h2-13H,14H2,1H3,(H,31,32)(H,25,26,29). The molecule has 0 fully saturated rings. The molecule has 0 radical (unpaired) electrons. The minimum absolute atomic E-state index is 0.0125. The number of benzene rings is 2. The first-order valence-corrected chi connectivity index (χ1v) is 10.1. The molecule has 0 aliphatic heterocycles. The quantitative estimate of drug-likeness (QED) is 0.448. The van der Waals surface area contributed by atoms with Crippen LogP contribution in [0.5, 0.6) is 11.6 Å². The number of nitrogens with zero attached hydrogens (tertiary/aromatic N) is 4. The van der Waals surface area contributed by atoms with Gasteiger partial charge in [-0.1, -0.05) is 40.6 Å². The summed E-state index contributed by atoms with van der Waals surface area (Å²) >= 11 is 0. The number of nitrogens with one attached hydrogen (secondary N) is 1. The summed E-state index contributed by atoms with van der Waals surface area (Å²) in [6.07, 6.45) is -0.194. The first kappa shape index (κ1) is 22.3. The molecule has 0 spiro atoms. The third-order valence-corrected chi connectivity index (χ3v) is 4.63. The van der Waals surface area contributed by atoms with Gasteiger partial charge < -0.3 is 9.84 Å². The second kappa shape index (κ2) is 9.69. The van der Waals surface area contributed by atoms with E-state index in [0.717, 1.165) is 15.7 Å². The lowest BCUT2D eigenvalue weighted by molar-refractivity contribution is 0.0684. The second-order valence-electron chi connectivity index (χ2n) is 7.14. The van der Waals surface area contributed by atoms with Crippen LogP contribution in [0.3, 0.4) is 0 Å². The number of aromatic nitrogens is 4. The Morgan fingerprint density at radius 1 is 1.06 bits per heavy atom. The Morgan fingerprint density at radius 2 is 1.79 bits per heavy atom. The molecule has 0 saturated heterocycles. The van der Waals surface area contributed by atoms with Gasteiger partial charge in [-0.25, -0.2) is 24.4 Å². The van der Waals surface area contributed by atoms with E-state index in [4.69, 9.17) is 9.84 Å². The fraction of sp³-hybridized carbons (Fsp3) is 0.0870. The molecule has 0 aliphatic carbocycles. The number of hydrogen-bond acceptors (Lipinski definition) is 7. The van der Waals surface area contributed by atoms with Crippen LogP contribution in [0.15, 0.2) is 87.5 Å². The summed E-state index contributed by atoms with van der Waals surface area (Å²) in [5, 5.41) is 8.88. The normalized spacial score (nSPS) is 11.3. The molecule has 0 aliphatic rings. The van der Waals surface area contributed by atoms with E-state index in [1.165, 1.54) is 0 Å². The summed E-state index contributed by atoms with van der Waals surface area (Å²) in [4.78, 5) is 51.3. The molecule has 172 valence electrons. The van der Waals surface area contributed by atoms with Crippen molar-refractivity contribution in [2.75, 3.05) is 0 Å². The highest BCUT2D eigenvalue weighted by molar-refractivity contribution is 5.57. The van der Waals surface area contributed by atoms with Gasteiger partial charge >= 0.3 is 17.5 Å². The predicted molar refractivity (Wildman–Crippen MR) is 120 cm³/mol. The molecule has 0 saturated carbocycles. The van der Waals surface area contributed by atoms with Crippen molar-refractivity contribution in [3.8, 4) is 11.6 Å². The molecule has 0 atom stereocenters. The molecule has 11 nitrogen and oxygen atoms in total. The molecule has 0 bridgehead atoms. The Labute approximate surface area is 191 Å². The van der Waals surface area contributed by atoms with Crippen molar-refractivity contribution in [1.82, 2.24) is 19.3 Å². The van der Waals surface area contributed by atoms with Gasteiger partial charge in [0.25, 0.3) is 0 Å². The molecule has 11 heteroatoms. The monoisotopic (exact) mass is 461 g/mol. The molecule has 2 heterocycles. The van der Waals surface area contributed by atoms with E-state index >= 15 is 0 Å². The third-order valence-electron chi connectivity index (χ3n) is 4.63. The van der Waals surface area contributed by atoms with Gasteiger partial charge in [0.1, 0.15) is 5.75 Å². The number of pyridine rings is 1. The second-order valence-corrected chi connectivity index (χ2v) is 7.14. The summed E-state index contributed by atoms with van der Waals surface area (Å²) in [7, 11) is 0. The highest BCUT2D eigenvalue weighted by Crippen LogP contribution is 2.22. The van der Waals surface area contributed by atoms with E-state index < -0.39 is 17.5 Å². The zero-order chi connectivity index (χ0) is 24.1. The number of aromatic amines is 1. The van der Waals surface area contributed by atoms with E-state index in [1.807, 2.05) is 31.2 Å². The molecule has 34 heavy (non-hydrogen) atoms. The van der Waals surface area contributed by atoms with Crippen molar-refractivity contribution in [3.63, 3.8) is 0 Å². The fourth-order valence-corrected chi connectivity index (χ4v) is 3.01. The van der Waals surface area contributed by atoms with Crippen molar-refractivity contribution in [1.29, 1.82) is 0 Å². The third kappa shape index (κ3) is 5.27. The number of hydrogen-bond donors (Lipinski definition) is 2. The molecule has 2 aromatic heterocycles. The first-order chi connectivity index (χ1) is 16.4. The lowest BCUT2D eigenvalue weighted by Gasteiger charge is -2.10. The molecule has 0 unspecified atom stereocenters. The van der Waals surface area contributed by atoms with Crippen molar-refractivity contribution < 1.29 is 19.5 Å². The molecule has 4 aromatic rings. The van der Waals surface area contributed by atoms with Gasteiger partial charge in [-0.15, -0.1) is 0 Å². The molecule has 2 N–H and O–H groups in total. The molecule has 4 rings (SSSR count). The van der Waals surface area contributed by atoms with Crippen LogP contribution in [-0.4, -0.2) is 30.5 Å². The summed E-state index contributed by atoms with van der Waals surface area (Å²) in [5.74, 6) is 0.943. The van der Waals surface area contributed by atoms with Gasteiger partial charge in [0.2, 0.25) is 11.5 Å². The van der Waals surface area contributed by atoms with Crippen LogP contribution in [-0.2, 0) is 6.54 Å². The van der Waals surface area contributed by atoms with Gasteiger partial charge in [0, 0.05) is 12.3 Å². The van der Waals surface area contributed by atoms with Crippen molar-refractivity contribution in [3.05, 3.63) is 111 Å². The van der Waals surface area contributed by atoms with Crippen LogP contribution in [0.2, 0.25) is 0 Å². The summed E-state index contributed by atoms with van der Waals surface area (Å²) in [5.41, 5.74) is 0.0103. The average molecular weight is 461 g/mol. The largest absolute Gasteiger partial charge is 0.531 e. The number of carbonyl (C=O) groups is 1. The number of ether oxygens (including phenoxy) is 1. The number of rotatable bonds is 6. The minimum Gasteiger partial charge on any atom is -0.448 e. The van der Waals surface area contributed by atoms with Gasteiger partial charge in [-0.05, 0) is 42.8 Å². The Bertz CT molecular complexity index is 1490. The zero-order valence-electron chi connectivity index (χ0n) is 17.9. The molecular weight excluding hydrogens is 442 g/mol. The van der Waals surface area contributed by atoms with Crippen LogP contribution in [0.25, 0.3) is 0 Å². The summed E-state index contributed by atoms with van der Waals surface area (Å²) < 4.78 is 6.87. The van der Waals surface area contributed by atoms with Crippen molar-refractivity contribution >= 4 is 11.8 Å². The Kier molecular flexibility index (Phi) is 6.35. The highest BCUT2D eigenvalue weighted by Gasteiger charge is 2.13. The fourth-order valence-electron chi connectivity index (χ4n) is 3.01. The number of carboxylic acid groups (broad SMARTS) is 1. The van der Waals surface area contributed by atoms with Crippen LogP contribution in [0, 0.1) is 6.92 Å². The average Bonchev–Trinajstić information content (AvgIpc) is 2.82. The maximum atomic E-state index is 12.9. The van der Waals surface area contributed by atoms with Gasteiger partial charge in [-0.2, -0.15) is 0 Å². The van der Waals surface area contributed by atoms with Crippen LogP contribution in [0.1, 0.15) is 11.1 Å². The van der Waals surface area contributed by atoms with E-state index in [9.17, 15) is 14.4 Å².